The molecule has 1 aromatic rings. The van der Waals surface area contributed by atoms with E-state index in [2.05, 4.69) is 9.50 Å². The molecule has 6 N–H and O–H groups in total. The number of carbonyl (C=O) groups is 3. The normalized spacial score (nSPS) is 18.0. The zero-order chi connectivity index (χ0) is 24.4. The minimum Gasteiger partial charge on any atom is -0.480 e. The SMILES string of the molecule is NCCCC[C@H](N[C@@H](CCc1ccccc1)C(=O)O)C(=O)N1CCC[C@H]1C(=O)OS(N)(=O)=O. The van der Waals surface area contributed by atoms with Crippen LogP contribution in [0.1, 0.15) is 44.1 Å². The minimum absolute atomic E-state index is 0.222. The Morgan fingerprint density at radius 3 is 2.45 bits per heavy atom. The Hall–Kier alpha value is -2.54. The Kier molecular flexibility index (Phi) is 10.2. The van der Waals surface area contributed by atoms with Gasteiger partial charge in [-0.25, -0.2) is 4.79 Å². The van der Waals surface area contributed by atoms with Gasteiger partial charge in [-0.1, -0.05) is 36.8 Å². The third kappa shape index (κ3) is 8.72. The second-order valence-corrected chi connectivity index (χ2v) is 9.16. The predicted octanol–water partition coefficient (Wildman–Crippen LogP) is -0.103. The number of aliphatic carboxylic acids is 1. The van der Waals surface area contributed by atoms with Crippen LogP contribution in [0.5, 0.6) is 0 Å². The summed E-state index contributed by atoms with van der Waals surface area (Å²) >= 11 is 0. The average molecular weight is 485 g/mol. The second kappa shape index (κ2) is 12.6. The van der Waals surface area contributed by atoms with Crippen LogP contribution >= 0.6 is 0 Å². The molecule has 0 saturated carbocycles. The fourth-order valence-electron chi connectivity index (χ4n) is 3.89. The molecule has 0 bridgehead atoms. The number of nitrogens with two attached hydrogens (primary N) is 2. The zero-order valence-electron chi connectivity index (χ0n) is 18.4. The Balaban J connectivity index is 2.14. The topological polar surface area (TPSA) is 182 Å². The molecule has 0 aromatic heterocycles. The van der Waals surface area contributed by atoms with Gasteiger partial charge in [0.1, 0.15) is 12.1 Å². The van der Waals surface area contributed by atoms with Gasteiger partial charge < -0.3 is 19.9 Å². The molecule has 12 heteroatoms. The largest absolute Gasteiger partial charge is 0.480 e. The summed E-state index contributed by atoms with van der Waals surface area (Å²) in [5.74, 6) is -2.69. The maximum atomic E-state index is 13.3. The van der Waals surface area contributed by atoms with Crippen LogP contribution in [0.15, 0.2) is 30.3 Å². The molecule has 1 amide bonds. The number of nitrogens with one attached hydrogen (secondary N) is 1. The van der Waals surface area contributed by atoms with Crippen LogP contribution in [0, 0.1) is 0 Å². The number of carboxylic acids is 1. The number of likely N-dealkylation sites (tertiary alicyclic amines) is 1. The first-order valence-electron chi connectivity index (χ1n) is 10.9. The van der Waals surface area contributed by atoms with Gasteiger partial charge in [0.25, 0.3) is 0 Å². The summed E-state index contributed by atoms with van der Waals surface area (Å²) in [5, 5.41) is 17.4. The van der Waals surface area contributed by atoms with Crippen molar-refractivity contribution in [3.8, 4) is 0 Å². The van der Waals surface area contributed by atoms with E-state index in [-0.39, 0.29) is 19.4 Å². The summed E-state index contributed by atoms with van der Waals surface area (Å²) in [6, 6.07) is 6.44. The van der Waals surface area contributed by atoms with Crippen LogP contribution in [0.25, 0.3) is 0 Å². The lowest BCUT2D eigenvalue weighted by Crippen LogP contribution is -2.54. The second-order valence-electron chi connectivity index (χ2n) is 8.00. The van der Waals surface area contributed by atoms with Gasteiger partial charge in [-0.3, -0.25) is 14.9 Å². The number of carboxylic acid groups (broad SMARTS) is 1. The minimum atomic E-state index is -4.51. The van der Waals surface area contributed by atoms with Gasteiger partial charge in [0.05, 0.1) is 6.04 Å². The Labute approximate surface area is 193 Å². The smallest absolute Gasteiger partial charge is 0.382 e. The lowest BCUT2D eigenvalue weighted by Gasteiger charge is -2.29. The monoisotopic (exact) mass is 484 g/mol. The summed E-state index contributed by atoms with van der Waals surface area (Å²) in [4.78, 5) is 38.7. The quantitative estimate of drug-likeness (QED) is 0.278. The van der Waals surface area contributed by atoms with Crippen LogP contribution in [-0.4, -0.2) is 67.5 Å². The molecule has 1 fully saturated rings. The molecule has 0 aliphatic carbocycles. The third-order valence-electron chi connectivity index (χ3n) is 5.52. The summed E-state index contributed by atoms with van der Waals surface area (Å²) in [6.45, 7) is 0.643. The number of benzene rings is 1. The number of hydrogen-bond acceptors (Lipinski definition) is 8. The van der Waals surface area contributed by atoms with E-state index in [1.54, 1.807) is 0 Å². The lowest BCUT2D eigenvalue weighted by molar-refractivity contribution is -0.148. The Morgan fingerprint density at radius 1 is 1.15 bits per heavy atom. The van der Waals surface area contributed by atoms with E-state index in [0.717, 1.165) is 5.56 Å². The van der Waals surface area contributed by atoms with Crippen LogP contribution in [0.2, 0.25) is 0 Å². The number of rotatable bonds is 13. The van der Waals surface area contributed by atoms with Gasteiger partial charge in [-0.15, -0.1) is 0 Å². The Bertz CT molecular complexity index is 910. The van der Waals surface area contributed by atoms with Crippen molar-refractivity contribution >= 4 is 28.1 Å². The molecule has 1 heterocycles. The maximum absolute atomic E-state index is 13.3. The first kappa shape index (κ1) is 26.7. The standard InChI is InChI=1S/C21H32N4O7S/c22-13-5-4-9-16(24-17(20(27)28)12-11-15-7-2-1-3-8-15)19(26)25-14-6-10-18(25)21(29)32-33(23,30)31/h1-3,7-8,16-18,24H,4-6,9-14,22H2,(H,27,28)(H2,23,30,31)/t16-,17-,18-/m0/s1. The molecular formula is C21H32N4O7S. The van der Waals surface area contributed by atoms with Crippen molar-refractivity contribution in [2.45, 2.75) is 63.1 Å². The van der Waals surface area contributed by atoms with Crippen molar-refractivity contribution in [1.82, 2.24) is 10.2 Å². The van der Waals surface area contributed by atoms with Crippen molar-refractivity contribution in [1.29, 1.82) is 0 Å². The fourth-order valence-corrected chi connectivity index (χ4v) is 4.23. The average Bonchev–Trinajstić information content (AvgIpc) is 3.24. The van der Waals surface area contributed by atoms with Crippen molar-refractivity contribution in [3.63, 3.8) is 0 Å². The van der Waals surface area contributed by atoms with E-state index < -0.39 is 46.3 Å². The highest BCUT2D eigenvalue weighted by Gasteiger charge is 2.40. The van der Waals surface area contributed by atoms with Crippen LogP contribution < -0.4 is 16.2 Å². The number of aryl methyl sites for hydroxylation is 1. The van der Waals surface area contributed by atoms with Gasteiger partial charge in [0, 0.05) is 6.54 Å². The number of unbranched alkanes of at least 4 members (excludes halogenated alkanes) is 1. The molecule has 0 radical (unpaired) electrons. The van der Waals surface area contributed by atoms with E-state index in [0.29, 0.717) is 38.6 Å². The van der Waals surface area contributed by atoms with E-state index in [9.17, 15) is 27.9 Å². The summed E-state index contributed by atoms with van der Waals surface area (Å²) < 4.78 is 26.5. The van der Waals surface area contributed by atoms with Gasteiger partial charge in [0.15, 0.2) is 0 Å². The lowest BCUT2D eigenvalue weighted by atomic mass is 10.0. The van der Waals surface area contributed by atoms with Crippen LogP contribution in [0.3, 0.4) is 0 Å². The predicted molar refractivity (Wildman–Crippen MR) is 120 cm³/mol. The van der Waals surface area contributed by atoms with Gasteiger partial charge >= 0.3 is 22.2 Å². The summed E-state index contributed by atoms with van der Waals surface area (Å²) in [7, 11) is -4.51. The molecule has 11 nitrogen and oxygen atoms in total. The van der Waals surface area contributed by atoms with Crippen molar-refractivity contribution < 1.29 is 32.1 Å². The molecule has 2 rings (SSSR count). The molecule has 184 valence electrons. The van der Waals surface area contributed by atoms with Gasteiger partial charge in [0.2, 0.25) is 5.91 Å². The molecule has 0 spiro atoms. The number of hydrogen-bond donors (Lipinski definition) is 4. The van der Waals surface area contributed by atoms with Crippen LogP contribution in [-0.2, 0) is 35.3 Å². The highest BCUT2D eigenvalue weighted by atomic mass is 32.2. The molecule has 1 aliphatic heterocycles. The Morgan fingerprint density at radius 2 is 1.85 bits per heavy atom. The van der Waals surface area contributed by atoms with Crippen molar-refractivity contribution in [3.05, 3.63) is 35.9 Å². The maximum Gasteiger partial charge on any atom is 0.382 e. The molecule has 33 heavy (non-hydrogen) atoms. The number of nitrogens with zero attached hydrogens (tertiary/aromatic N) is 1. The zero-order valence-corrected chi connectivity index (χ0v) is 19.2. The fraction of sp³-hybridized carbons (Fsp3) is 0.571. The van der Waals surface area contributed by atoms with E-state index in [4.69, 9.17) is 10.9 Å². The summed E-state index contributed by atoms with van der Waals surface area (Å²) in [6.07, 6.45) is 3.00. The molecule has 0 unspecified atom stereocenters. The third-order valence-corrected chi connectivity index (χ3v) is 5.91. The molecule has 1 aliphatic rings. The number of amides is 1. The highest BCUT2D eigenvalue weighted by molar-refractivity contribution is 7.84. The highest BCUT2D eigenvalue weighted by Crippen LogP contribution is 2.22. The molecule has 1 saturated heterocycles. The molecule has 3 atom stereocenters. The first-order chi connectivity index (χ1) is 15.6. The molecular weight excluding hydrogens is 452 g/mol. The van der Waals surface area contributed by atoms with E-state index in [1.165, 1.54) is 4.90 Å². The van der Waals surface area contributed by atoms with E-state index in [1.807, 2.05) is 30.3 Å². The van der Waals surface area contributed by atoms with Crippen LogP contribution in [0.4, 0.5) is 0 Å². The van der Waals surface area contributed by atoms with Crippen molar-refractivity contribution in [2.24, 2.45) is 10.9 Å². The first-order valence-corrected chi connectivity index (χ1v) is 12.4. The molecule has 1 aromatic carbocycles. The number of carbonyl (C=O) groups excluding carboxylic acids is 2. The van der Waals surface area contributed by atoms with Gasteiger partial charge in [-0.05, 0) is 50.6 Å². The van der Waals surface area contributed by atoms with Crippen molar-refractivity contribution in [2.75, 3.05) is 13.1 Å². The van der Waals surface area contributed by atoms with E-state index >= 15 is 0 Å². The summed E-state index contributed by atoms with van der Waals surface area (Å²) in [5.41, 5.74) is 6.53. The van der Waals surface area contributed by atoms with Gasteiger partial charge in [-0.2, -0.15) is 13.6 Å².